The Kier molecular flexibility index (Phi) is 6.84. The molecule has 140 valence electrons. The van der Waals surface area contributed by atoms with Gasteiger partial charge in [0, 0.05) is 12.3 Å². The Labute approximate surface area is 148 Å². The molecule has 9 nitrogen and oxygen atoms in total. The monoisotopic (exact) mass is 364 g/mol. The van der Waals surface area contributed by atoms with Gasteiger partial charge >= 0.3 is 11.7 Å². The van der Waals surface area contributed by atoms with Gasteiger partial charge in [-0.05, 0) is 19.1 Å². The zero-order chi connectivity index (χ0) is 19.1. The molecule has 1 aromatic heterocycles. The van der Waals surface area contributed by atoms with Gasteiger partial charge in [-0.1, -0.05) is 18.2 Å². The minimum absolute atomic E-state index is 0.314. The molecule has 1 heterocycles. The van der Waals surface area contributed by atoms with Crippen LogP contribution >= 0.6 is 0 Å². The van der Waals surface area contributed by atoms with Gasteiger partial charge in [-0.25, -0.2) is 9.59 Å². The topological polar surface area (TPSA) is 131 Å². The van der Waals surface area contributed by atoms with Crippen LogP contribution in [0, 0.1) is 0 Å². The SMILES string of the molecule is C[C@H](O)C(CO)OC(COC(=O)c1ccccc1)n1ccc(=O)[nH]c1=O. The van der Waals surface area contributed by atoms with Crippen molar-refractivity contribution in [1.82, 2.24) is 9.55 Å². The maximum absolute atomic E-state index is 12.1. The number of esters is 1. The highest BCUT2D eigenvalue weighted by atomic mass is 16.6. The third kappa shape index (κ3) is 5.12. The van der Waals surface area contributed by atoms with Crippen LogP contribution in [-0.4, -0.2) is 51.2 Å². The number of benzene rings is 1. The van der Waals surface area contributed by atoms with Gasteiger partial charge in [-0.15, -0.1) is 0 Å². The van der Waals surface area contributed by atoms with Crippen LogP contribution in [0.5, 0.6) is 0 Å². The number of H-pyrrole nitrogens is 1. The molecule has 0 aliphatic heterocycles. The summed E-state index contributed by atoms with van der Waals surface area (Å²) in [6.45, 7) is 0.519. The van der Waals surface area contributed by atoms with Gasteiger partial charge in [0.25, 0.3) is 5.56 Å². The minimum Gasteiger partial charge on any atom is -0.457 e. The Morgan fingerprint density at radius 1 is 1.23 bits per heavy atom. The predicted molar refractivity (Wildman–Crippen MR) is 90.7 cm³/mol. The van der Waals surface area contributed by atoms with Crippen molar-refractivity contribution < 1.29 is 24.5 Å². The molecule has 0 fully saturated rings. The van der Waals surface area contributed by atoms with E-state index in [1.54, 1.807) is 30.3 Å². The summed E-state index contributed by atoms with van der Waals surface area (Å²) in [6.07, 6.45) is -2.03. The van der Waals surface area contributed by atoms with E-state index in [-0.39, 0.29) is 6.61 Å². The zero-order valence-corrected chi connectivity index (χ0v) is 14.1. The summed E-state index contributed by atoms with van der Waals surface area (Å²) in [7, 11) is 0. The highest BCUT2D eigenvalue weighted by Crippen LogP contribution is 2.13. The molecule has 3 N–H and O–H groups in total. The predicted octanol–water partition coefficient (Wildman–Crippen LogP) is -0.350. The molecule has 2 rings (SSSR count). The van der Waals surface area contributed by atoms with Crippen molar-refractivity contribution in [3.63, 3.8) is 0 Å². The van der Waals surface area contributed by atoms with Crippen LogP contribution in [0.1, 0.15) is 23.5 Å². The van der Waals surface area contributed by atoms with Crippen LogP contribution in [0.2, 0.25) is 0 Å². The fraction of sp³-hybridized carbons (Fsp3) is 0.353. The number of hydrogen-bond acceptors (Lipinski definition) is 7. The van der Waals surface area contributed by atoms with E-state index in [9.17, 15) is 24.6 Å². The van der Waals surface area contributed by atoms with Crippen LogP contribution < -0.4 is 11.2 Å². The van der Waals surface area contributed by atoms with Crippen LogP contribution in [0.4, 0.5) is 0 Å². The number of ether oxygens (including phenoxy) is 2. The van der Waals surface area contributed by atoms with Crippen molar-refractivity contribution in [2.75, 3.05) is 13.2 Å². The Balaban J connectivity index is 2.21. The Morgan fingerprint density at radius 3 is 2.50 bits per heavy atom. The van der Waals surface area contributed by atoms with E-state index in [0.717, 1.165) is 10.6 Å². The van der Waals surface area contributed by atoms with Crippen LogP contribution in [0.15, 0.2) is 52.2 Å². The lowest BCUT2D eigenvalue weighted by atomic mass is 10.2. The largest absolute Gasteiger partial charge is 0.457 e. The number of carbonyl (C=O) groups excluding carboxylic acids is 1. The second-order valence-electron chi connectivity index (χ2n) is 5.53. The van der Waals surface area contributed by atoms with Crippen molar-refractivity contribution in [2.24, 2.45) is 0 Å². The van der Waals surface area contributed by atoms with Gasteiger partial charge in [0.05, 0.1) is 18.3 Å². The highest BCUT2D eigenvalue weighted by molar-refractivity contribution is 5.89. The fourth-order valence-electron chi connectivity index (χ4n) is 2.15. The van der Waals surface area contributed by atoms with Crippen molar-refractivity contribution in [1.29, 1.82) is 0 Å². The summed E-state index contributed by atoms with van der Waals surface area (Å²) in [5, 5.41) is 19.0. The summed E-state index contributed by atoms with van der Waals surface area (Å²) in [5.41, 5.74) is -1.06. The van der Waals surface area contributed by atoms with E-state index < -0.39 is 42.3 Å². The zero-order valence-electron chi connectivity index (χ0n) is 14.1. The van der Waals surface area contributed by atoms with Gasteiger partial charge in [-0.2, -0.15) is 0 Å². The average molecular weight is 364 g/mol. The normalized spacial score (nSPS) is 14.4. The lowest BCUT2D eigenvalue weighted by molar-refractivity contribution is -0.135. The number of aromatic amines is 1. The maximum atomic E-state index is 12.1. The Morgan fingerprint density at radius 2 is 1.92 bits per heavy atom. The third-order valence-corrected chi connectivity index (χ3v) is 3.58. The molecule has 0 aliphatic rings. The molecule has 2 unspecified atom stereocenters. The van der Waals surface area contributed by atoms with E-state index in [4.69, 9.17) is 9.47 Å². The number of nitrogens with one attached hydrogen (secondary N) is 1. The summed E-state index contributed by atoms with van der Waals surface area (Å²) in [4.78, 5) is 37.4. The Bertz CT molecular complexity index is 829. The summed E-state index contributed by atoms with van der Waals surface area (Å²) in [6, 6.07) is 9.33. The number of rotatable bonds is 8. The fourth-order valence-corrected chi connectivity index (χ4v) is 2.15. The number of hydrogen-bond donors (Lipinski definition) is 3. The average Bonchev–Trinajstić information content (AvgIpc) is 2.62. The van der Waals surface area contributed by atoms with Crippen molar-refractivity contribution in [3.05, 3.63) is 69.0 Å². The molecule has 0 spiro atoms. The number of aromatic nitrogens is 2. The molecule has 0 bridgehead atoms. The lowest BCUT2D eigenvalue weighted by Gasteiger charge is -2.26. The molecule has 0 saturated heterocycles. The van der Waals surface area contributed by atoms with E-state index in [0.29, 0.717) is 5.56 Å². The second-order valence-corrected chi connectivity index (χ2v) is 5.53. The van der Waals surface area contributed by atoms with Gasteiger partial charge < -0.3 is 19.7 Å². The quantitative estimate of drug-likeness (QED) is 0.546. The molecule has 2 aromatic rings. The molecule has 1 aromatic carbocycles. The first-order chi connectivity index (χ1) is 12.4. The molecule has 3 atom stereocenters. The van der Waals surface area contributed by atoms with Gasteiger partial charge in [0.15, 0.2) is 6.23 Å². The van der Waals surface area contributed by atoms with E-state index in [2.05, 4.69) is 4.98 Å². The highest BCUT2D eigenvalue weighted by Gasteiger charge is 2.24. The number of nitrogens with zero attached hydrogens (tertiary/aromatic N) is 1. The second kappa shape index (κ2) is 9.09. The van der Waals surface area contributed by atoms with Crippen molar-refractivity contribution in [2.45, 2.75) is 25.4 Å². The van der Waals surface area contributed by atoms with Crippen molar-refractivity contribution >= 4 is 5.97 Å². The molecule has 0 saturated carbocycles. The van der Waals surface area contributed by atoms with E-state index in [1.807, 2.05) is 0 Å². The molecule has 26 heavy (non-hydrogen) atoms. The smallest absolute Gasteiger partial charge is 0.338 e. The first-order valence-electron chi connectivity index (χ1n) is 7.90. The van der Waals surface area contributed by atoms with Crippen LogP contribution in [0.25, 0.3) is 0 Å². The molecule has 0 radical (unpaired) electrons. The first-order valence-corrected chi connectivity index (χ1v) is 7.90. The molecular formula is C17H20N2O7. The van der Waals surface area contributed by atoms with Gasteiger partial charge in [0.1, 0.15) is 12.7 Å². The lowest BCUT2D eigenvalue weighted by Crippen LogP contribution is -2.40. The molecule has 0 amide bonds. The molecular weight excluding hydrogens is 344 g/mol. The van der Waals surface area contributed by atoms with Gasteiger partial charge in [0.2, 0.25) is 0 Å². The summed E-state index contributed by atoms with van der Waals surface area (Å²) < 4.78 is 11.7. The summed E-state index contributed by atoms with van der Waals surface area (Å²) >= 11 is 0. The standard InChI is InChI=1S/C17H20N2O7/c1-11(21)13(9-20)26-15(19-8-7-14(22)18-17(19)24)10-25-16(23)12-5-3-2-4-6-12/h2-8,11,13,15,20-21H,9-10H2,1H3,(H,18,22,24)/t11-,13?,15?/m0/s1. The van der Waals surface area contributed by atoms with Crippen LogP contribution in [0.3, 0.4) is 0 Å². The number of aliphatic hydroxyl groups excluding tert-OH is 2. The third-order valence-electron chi connectivity index (χ3n) is 3.58. The van der Waals surface area contributed by atoms with E-state index >= 15 is 0 Å². The number of carbonyl (C=O) groups is 1. The van der Waals surface area contributed by atoms with Crippen molar-refractivity contribution in [3.8, 4) is 0 Å². The van der Waals surface area contributed by atoms with E-state index in [1.165, 1.54) is 13.1 Å². The maximum Gasteiger partial charge on any atom is 0.338 e. The van der Waals surface area contributed by atoms with Crippen LogP contribution in [-0.2, 0) is 9.47 Å². The summed E-state index contributed by atoms with van der Waals surface area (Å²) in [5.74, 6) is -0.630. The van der Waals surface area contributed by atoms with Gasteiger partial charge in [-0.3, -0.25) is 14.3 Å². The number of aliphatic hydroxyl groups is 2. The Hall–Kier alpha value is -2.75. The minimum atomic E-state index is -1.15. The molecule has 9 heteroatoms. The molecule has 0 aliphatic carbocycles. The first kappa shape index (κ1) is 19.6.